The lowest BCUT2D eigenvalue weighted by atomic mass is 9.94. The molecule has 0 radical (unpaired) electrons. The Morgan fingerprint density at radius 3 is 1.00 bits per heavy atom. The van der Waals surface area contributed by atoms with Crippen molar-refractivity contribution in [1.82, 2.24) is 0 Å². The Morgan fingerprint density at radius 1 is 0.444 bits per heavy atom. The van der Waals surface area contributed by atoms with Crippen molar-refractivity contribution in [2.24, 2.45) is 0 Å². The first-order chi connectivity index (χ1) is 12.9. The minimum absolute atomic E-state index is 0.0777. The van der Waals surface area contributed by atoms with Gasteiger partial charge in [-0.25, -0.2) is 0 Å². The second kappa shape index (κ2) is 8.51. The maximum atomic E-state index is 9.45. The van der Waals surface area contributed by atoms with Gasteiger partial charge in [0.2, 0.25) is 0 Å². The molecule has 140 valence electrons. The fourth-order valence-electron chi connectivity index (χ4n) is 3.91. The third-order valence-corrected chi connectivity index (χ3v) is 4.77. The molecule has 3 rings (SSSR count). The van der Waals surface area contributed by atoms with Crippen molar-refractivity contribution in [3.8, 4) is 0 Å². The fourth-order valence-corrected chi connectivity index (χ4v) is 3.91. The minimum Gasteiger partial charge on any atom is -0.392 e. The van der Waals surface area contributed by atoms with E-state index in [0.29, 0.717) is 0 Å². The highest BCUT2D eigenvalue weighted by Gasteiger charge is 2.05. The van der Waals surface area contributed by atoms with Gasteiger partial charge in [-0.1, -0.05) is 71.3 Å². The first-order valence-corrected chi connectivity index (χ1v) is 9.45. The molecule has 0 saturated heterocycles. The van der Waals surface area contributed by atoms with E-state index in [1.54, 1.807) is 0 Å². The second-order valence-corrected chi connectivity index (χ2v) is 7.65. The number of aryl methyl sites for hydroxylation is 3. The average Bonchev–Trinajstić information content (AvgIpc) is 2.60. The number of hydrogen-bond acceptors (Lipinski definition) is 2. The van der Waals surface area contributed by atoms with Gasteiger partial charge in [0.05, 0.1) is 13.2 Å². The molecule has 0 heterocycles. The molecule has 0 aliphatic carbocycles. The number of benzene rings is 3. The van der Waals surface area contributed by atoms with Crippen LogP contribution in [0.15, 0.2) is 54.6 Å². The molecule has 0 aromatic heterocycles. The summed E-state index contributed by atoms with van der Waals surface area (Å²) in [6.07, 6.45) is 1.72. The molecule has 3 aromatic rings. The average molecular weight is 360 g/mol. The molecule has 0 bridgehead atoms. The Bertz CT molecular complexity index is 867. The third kappa shape index (κ3) is 5.29. The van der Waals surface area contributed by atoms with E-state index in [4.69, 9.17) is 0 Å². The predicted molar refractivity (Wildman–Crippen MR) is 111 cm³/mol. The van der Waals surface area contributed by atoms with Gasteiger partial charge < -0.3 is 10.2 Å². The van der Waals surface area contributed by atoms with Gasteiger partial charge in [0.1, 0.15) is 0 Å². The highest BCUT2D eigenvalue weighted by molar-refractivity contribution is 5.39. The van der Waals surface area contributed by atoms with Crippen LogP contribution in [0.25, 0.3) is 0 Å². The van der Waals surface area contributed by atoms with Crippen molar-refractivity contribution < 1.29 is 10.2 Å². The van der Waals surface area contributed by atoms with E-state index in [9.17, 15) is 10.2 Å². The fraction of sp³-hybridized carbons (Fsp3) is 0.280. The van der Waals surface area contributed by atoms with Crippen LogP contribution in [0, 0.1) is 20.8 Å². The van der Waals surface area contributed by atoms with Gasteiger partial charge in [0.15, 0.2) is 0 Å². The van der Waals surface area contributed by atoms with Crippen LogP contribution in [0.3, 0.4) is 0 Å². The lowest BCUT2D eigenvalue weighted by molar-refractivity contribution is 0.281. The highest BCUT2D eigenvalue weighted by atomic mass is 16.3. The summed E-state index contributed by atoms with van der Waals surface area (Å²) in [7, 11) is 0. The molecular formula is C25H28O2. The van der Waals surface area contributed by atoms with Crippen molar-refractivity contribution in [2.45, 2.75) is 46.8 Å². The molecule has 0 saturated carbocycles. The Hall–Kier alpha value is -2.42. The predicted octanol–water partition coefficient (Wildman–Crippen LogP) is 4.78. The summed E-state index contributed by atoms with van der Waals surface area (Å²) in [6.45, 7) is 6.43. The molecule has 2 N–H and O–H groups in total. The van der Waals surface area contributed by atoms with Gasteiger partial charge in [0.25, 0.3) is 0 Å². The summed E-state index contributed by atoms with van der Waals surface area (Å²) in [6, 6.07) is 19.4. The van der Waals surface area contributed by atoms with Gasteiger partial charge in [-0.15, -0.1) is 0 Å². The van der Waals surface area contributed by atoms with Gasteiger partial charge in [0, 0.05) is 0 Å². The van der Waals surface area contributed by atoms with Gasteiger partial charge >= 0.3 is 0 Å². The Kier molecular flexibility index (Phi) is 6.10. The van der Waals surface area contributed by atoms with E-state index < -0.39 is 0 Å². The molecule has 3 aromatic carbocycles. The number of aliphatic hydroxyl groups excluding tert-OH is 2. The Labute approximate surface area is 162 Å². The van der Waals surface area contributed by atoms with Gasteiger partial charge in [-0.3, -0.25) is 0 Å². The van der Waals surface area contributed by atoms with Crippen LogP contribution in [-0.2, 0) is 26.1 Å². The minimum atomic E-state index is 0.0777. The van der Waals surface area contributed by atoms with E-state index >= 15 is 0 Å². The SMILES string of the molecule is Cc1cc(CO)cc(Cc2cc(C)cc(Cc3cc(C)cc(CO)c3)c2)c1. The zero-order valence-electron chi connectivity index (χ0n) is 16.4. The van der Waals surface area contributed by atoms with Crippen molar-refractivity contribution in [3.63, 3.8) is 0 Å². The standard InChI is InChI=1S/C25H28O2/c1-17-4-20(11-22-6-18(2)8-24(13-22)15-26)10-21(5-17)12-23-7-19(3)9-25(14-23)16-27/h4-10,13-14,26-27H,11-12,15-16H2,1-3H3. The van der Waals surface area contributed by atoms with Crippen LogP contribution >= 0.6 is 0 Å². The van der Waals surface area contributed by atoms with E-state index in [0.717, 1.165) is 24.0 Å². The molecule has 27 heavy (non-hydrogen) atoms. The van der Waals surface area contributed by atoms with E-state index in [1.807, 2.05) is 12.1 Å². The van der Waals surface area contributed by atoms with Crippen LogP contribution in [0.1, 0.15) is 50.1 Å². The molecule has 0 spiro atoms. The smallest absolute Gasteiger partial charge is 0.0682 e. The van der Waals surface area contributed by atoms with Crippen molar-refractivity contribution in [1.29, 1.82) is 0 Å². The van der Waals surface area contributed by atoms with Crippen LogP contribution < -0.4 is 0 Å². The van der Waals surface area contributed by atoms with Gasteiger partial charge in [-0.2, -0.15) is 0 Å². The second-order valence-electron chi connectivity index (χ2n) is 7.65. The summed E-state index contributed by atoms with van der Waals surface area (Å²) >= 11 is 0. The third-order valence-electron chi connectivity index (χ3n) is 4.77. The number of hydrogen-bond donors (Lipinski definition) is 2. The summed E-state index contributed by atoms with van der Waals surface area (Å²) in [4.78, 5) is 0. The topological polar surface area (TPSA) is 40.5 Å². The van der Waals surface area contributed by atoms with Crippen molar-refractivity contribution >= 4 is 0 Å². The lowest BCUT2D eigenvalue weighted by Crippen LogP contribution is -1.97. The Balaban J connectivity index is 1.86. The molecular weight excluding hydrogens is 332 g/mol. The maximum absolute atomic E-state index is 9.45. The van der Waals surface area contributed by atoms with E-state index in [2.05, 4.69) is 63.2 Å². The molecule has 0 fully saturated rings. The normalized spacial score (nSPS) is 11.0. The first-order valence-electron chi connectivity index (χ1n) is 9.45. The van der Waals surface area contributed by atoms with E-state index in [1.165, 1.54) is 38.9 Å². The molecule has 0 aliphatic heterocycles. The first kappa shape index (κ1) is 19.3. The largest absolute Gasteiger partial charge is 0.392 e. The summed E-state index contributed by atoms with van der Waals surface area (Å²) in [5, 5.41) is 18.9. The zero-order chi connectivity index (χ0) is 19.4. The maximum Gasteiger partial charge on any atom is 0.0682 e. The van der Waals surface area contributed by atoms with Crippen molar-refractivity contribution in [2.75, 3.05) is 0 Å². The summed E-state index contributed by atoms with van der Waals surface area (Å²) in [5.41, 5.74) is 10.6. The van der Waals surface area contributed by atoms with Crippen LogP contribution in [0.5, 0.6) is 0 Å². The highest BCUT2D eigenvalue weighted by Crippen LogP contribution is 2.20. The summed E-state index contributed by atoms with van der Waals surface area (Å²) in [5.74, 6) is 0. The van der Waals surface area contributed by atoms with Crippen molar-refractivity contribution in [3.05, 3.63) is 105 Å². The van der Waals surface area contributed by atoms with Gasteiger partial charge in [-0.05, 0) is 67.0 Å². The summed E-state index contributed by atoms with van der Waals surface area (Å²) < 4.78 is 0. The number of aliphatic hydroxyl groups is 2. The van der Waals surface area contributed by atoms with Crippen LogP contribution in [0.4, 0.5) is 0 Å². The molecule has 2 nitrogen and oxygen atoms in total. The Morgan fingerprint density at radius 2 is 0.704 bits per heavy atom. The van der Waals surface area contributed by atoms with Crippen LogP contribution in [0.2, 0.25) is 0 Å². The molecule has 0 amide bonds. The molecule has 2 heteroatoms. The molecule has 0 aliphatic rings. The zero-order valence-corrected chi connectivity index (χ0v) is 16.4. The molecule has 0 atom stereocenters. The molecule has 0 unspecified atom stereocenters. The quantitative estimate of drug-likeness (QED) is 0.664. The lowest BCUT2D eigenvalue weighted by Gasteiger charge is -2.11. The van der Waals surface area contributed by atoms with Crippen LogP contribution in [-0.4, -0.2) is 10.2 Å². The van der Waals surface area contributed by atoms with E-state index in [-0.39, 0.29) is 13.2 Å². The number of rotatable bonds is 6. The monoisotopic (exact) mass is 360 g/mol.